The highest BCUT2D eigenvalue weighted by Gasteiger charge is 2.14. The third-order valence-electron chi connectivity index (χ3n) is 2.93. The van der Waals surface area contributed by atoms with Crippen LogP contribution in [-0.2, 0) is 4.74 Å². The molecule has 21 heavy (non-hydrogen) atoms. The van der Waals surface area contributed by atoms with Crippen molar-refractivity contribution in [1.29, 1.82) is 0 Å². The number of para-hydroxylation sites is 1. The number of hydrogen-bond donors (Lipinski definition) is 2. The van der Waals surface area contributed by atoms with E-state index in [-0.39, 0.29) is 11.8 Å². The number of thiophene rings is 1. The van der Waals surface area contributed by atoms with E-state index in [4.69, 9.17) is 4.74 Å². The summed E-state index contributed by atoms with van der Waals surface area (Å²) >= 11 is 1.62. The second-order valence-corrected chi connectivity index (χ2v) is 5.81. The molecule has 0 bridgehead atoms. The van der Waals surface area contributed by atoms with Crippen LogP contribution >= 0.6 is 11.3 Å². The van der Waals surface area contributed by atoms with Crippen molar-refractivity contribution >= 4 is 23.1 Å². The highest BCUT2D eigenvalue weighted by Crippen LogP contribution is 2.24. The first-order valence-electron chi connectivity index (χ1n) is 6.48. The molecule has 0 radical (unpaired) electrons. The smallest absolute Gasteiger partial charge is 0.319 e. The molecule has 2 aromatic rings. The van der Waals surface area contributed by atoms with Crippen molar-refractivity contribution in [3.63, 3.8) is 0 Å². The van der Waals surface area contributed by atoms with Gasteiger partial charge in [-0.25, -0.2) is 9.18 Å². The number of hydrogen-bond acceptors (Lipinski definition) is 3. The van der Waals surface area contributed by atoms with Crippen molar-refractivity contribution in [2.45, 2.75) is 13.0 Å². The molecule has 1 atom stereocenters. The highest BCUT2D eigenvalue weighted by atomic mass is 32.1. The maximum absolute atomic E-state index is 13.4. The van der Waals surface area contributed by atoms with Crippen LogP contribution < -0.4 is 10.6 Å². The topological polar surface area (TPSA) is 50.4 Å². The lowest BCUT2D eigenvalue weighted by Crippen LogP contribution is -2.33. The molecule has 0 saturated heterocycles. The molecule has 4 nitrogen and oxygen atoms in total. The van der Waals surface area contributed by atoms with Gasteiger partial charge in [-0.3, -0.25) is 0 Å². The molecule has 0 fully saturated rings. The molecule has 1 heterocycles. The van der Waals surface area contributed by atoms with Gasteiger partial charge in [-0.05, 0) is 31.2 Å². The molecule has 0 saturated carbocycles. The van der Waals surface area contributed by atoms with Gasteiger partial charge in [0.1, 0.15) is 11.9 Å². The first kappa shape index (κ1) is 15.5. The van der Waals surface area contributed by atoms with Crippen LogP contribution in [0.2, 0.25) is 0 Å². The average molecular weight is 308 g/mol. The third kappa shape index (κ3) is 4.27. The number of halogens is 1. The first-order chi connectivity index (χ1) is 10.1. The fourth-order valence-corrected chi connectivity index (χ4v) is 2.80. The van der Waals surface area contributed by atoms with E-state index in [0.717, 1.165) is 4.88 Å². The lowest BCUT2D eigenvalue weighted by Gasteiger charge is -2.15. The van der Waals surface area contributed by atoms with Crippen LogP contribution in [0.25, 0.3) is 0 Å². The summed E-state index contributed by atoms with van der Waals surface area (Å²) in [4.78, 5) is 14.0. The summed E-state index contributed by atoms with van der Waals surface area (Å²) in [5, 5.41) is 5.15. The summed E-state index contributed by atoms with van der Waals surface area (Å²) in [6, 6.07) is 9.54. The SMILES string of the molecule is CO[C@@H](CNC(=O)Nc1ccccc1F)c1ccc(C)s1. The maximum atomic E-state index is 13.4. The van der Waals surface area contributed by atoms with E-state index in [1.165, 1.54) is 17.0 Å². The zero-order valence-corrected chi connectivity index (χ0v) is 12.7. The van der Waals surface area contributed by atoms with Crippen molar-refractivity contribution in [2.75, 3.05) is 19.0 Å². The number of ether oxygens (including phenoxy) is 1. The number of carbonyl (C=O) groups excluding carboxylic acids is 1. The fraction of sp³-hybridized carbons (Fsp3) is 0.267. The number of carbonyl (C=O) groups is 1. The number of aryl methyl sites for hydroxylation is 1. The summed E-state index contributed by atoms with van der Waals surface area (Å²) in [7, 11) is 1.59. The molecule has 112 valence electrons. The normalized spacial score (nSPS) is 12.0. The Hall–Kier alpha value is -1.92. The van der Waals surface area contributed by atoms with Crippen LogP contribution in [0, 0.1) is 12.7 Å². The Kier molecular flexibility index (Phi) is 5.30. The number of amides is 2. The molecule has 0 aliphatic heterocycles. The van der Waals surface area contributed by atoms with E-state index in [9.17, 15) is 9.18 Å². The molecule has 0 unspecified atom stereocenters. The monoisotopic (exact) mass is 308 g/mol. The van der Waals surface area contributed by atoms with Crippen LogP contribution in [0.3, 0.4) is 0 Å². The standard InChI is InChI=1S/C15H17FN2O2S/c1-10-7-8-14(21-10)13(20-2)9-17-15(19)18-12-6-4-3-5-11(12)16/h3-8,13H,9H2,1-2H3,(H2,17,18,19)/t13-/m0/s1. The molecule has 0 spiro atoms. The minimum absolute atomic E-state index is 0.149. The van der Waals surface area contributed by atoms with Crippen LogP contribution in [0.5, 0.6) is 0 Å². The van der Waals surface area contributed by atoms with Crippen molar-refractivity contribution in [3.8, 4) is 0 Å². The van der Waals surface area contributed by atoms with Gasteiger partial charge in [-0.2, -0.15) is 0 Å². The predicted molar refractivity (Wildman–Crippen MR) is 82.2 cm³/mol. The summed E-state index contributed by atoms with van der Waals surface area (Å²) in [6.07, 6.45) is -0.213. The molecule has 2 amide bonds. The Morgan fingerprint density at radius 3 is 2.71 bits per heavy atom. The first-order valence-corrected chi connectivity index (χ1v) is 7.30. The predicted octanol–water partition coefficient (Wildman–Crippen LogP) is 3.70. The van der Waals surface area contributed by atoms with Crippen LogP contribution in [0.4, 0.5) is 14.9 Å². The second-order valence-electron chi connectivity index (χ2n) is 4.49. The number of methoxy groups -OCH3 is 1. The summed E-state index contributed by atoms with van der Waals surface area (Å²) in [5.41, 5.74) is 0.149. The minimum atomic E-state index is -0.468. The van der Waals surface area contributed by atoms with Gasteiger partial charge in [0.2, 0.25) is 0 Å². The minimum Gasteiger partial charge on any atom is -0.374 e. The Labute approximate surface area is 126 Å². The molecule has 1 aromatic heterocycles. The van der Waals surface area contributed by atoms with Gasteiger partial charge in [0.15, 0.2) is 0 Å². The van der Waals surface area contributed by atoms with Gasteiger partial charge in [0.25, 0.3) is 0 Å². The number of nitrogens with one attached hydrogen (secondary N) is 2. The van der Waals surface area contributed by atoms with Gasteiger partial charge in [0, 0.05) is 16.9 Å². The van der Waals surface area contributed by atoms with E-state index in [1.807, 2.05) is 19.1 Å². The number of urea groups is 1. The molecule has 2 rings (SSSR count). The Balaban J connectivity index is 1.89. The van der Waals surface area contributed by atoms with Crippen LogP contribution in [-0.4, -0.2) is 19.7 Å². The molecule has 0 aliphatic carbocycles. The molecular formula is C15H17FN2O2S. The van der Waals surface area contributed by atoms with Crippen LogP contribution in [0.1, 0.15) is 15.9 Å². The molecule has 1 aromatic carbocycles. The second kappa shape index (κ2) is 7.19. The van der Waals surface area contributed by atoms with E-state index in [1.54, 1.807) is 30.6 Å². The number of benzene rings is 1. The van der Waals surface area contributed by atoms with Crippen molar-refractivity contribution in [2.24, 2.45) is 0 Å². The molecular weight excluding hydrogens is 291 g/mol. The van der Waals surface area contributed by atoms with E-state index >= 15 is 0 Å². The van der Waals surface area contributed by atoms with E-state index < -0.39 is 11.8 Å². The van der Waals surface area contributed by atoms with Crippen molar-refractivity contribution in [3.05, 3.63) is 52.0 Å². The summed E-state index contributed by atoms with van der Waals surface area (Å²) in [5.74, 6) is -0.468. The van der Waals surface area contributed by atoms with Gasteiger partial charge >= 0.3 is 6.03 Å². The largest absolute Gasteiger partial charge is 0.374 e. The quantitative estimate of drug-likeness (QED) is 0.885. The third-order valence-corrected chi connectivity index (χ3v) is 4.03. The number of rotatable bonds is 5. The summed E-state index contributed by atoms with van der Waals surface area (Å²) < 4.78 is 18.8. The Morgan fingerprint density at radius 1 is 1.33 bits per heavy atom. The zero-order valence-electron chi connectivity index (χ0n) is 11.9. The van der Waals surface area contributed by atoms with Gasteiger partial charge in [-0.1, -0.05) is 12.1 Å². The molecule has 2 N–H and O–H groups in total. The lowest BCUT2D eigenvalue weighted by molar-refractivity contribution is 0.107. The Bertz CT molecular complexity index is 615. The van der Waals surface area contributed by atoms with Crippen LogP contribution in [0.15, 0.2) is 36.4 Å². The van der Waals surface area contributed by atoms with Gasteiger partial charge < -0.3 is 15.4 Å². The van der Waals surface area contributed by atoms with Gasteiger partial charge in [-0.15, -0.1) is 11.3 Å². The average Bonchev–Trinajstić information content (AvgIpc) is 2.89. The Morgan fingerprint density at radius 2 is 2.10 bits per heavy atom. The van der Waals surface area contributed by atoms with E-state index in [0.29, 0.717) is 6.54 Å². The fourth-order valence-electron chi connectivity index (χ4n) is 1.84. The number of anilines is 1. The highest BCUT2D eigenvalue weighted by molar-refractivity contribution is 7.12. The van der Waals surface area contributed by atoms with Crippen molar-refractivity contribution in [1.82, 2.24) is 5.32 Å². The maximum Gasteiger partial charge on any atom is 0.319 e. The molecule has 6 heteroatoms. The zero-order chi connectivity index (χ0) is 15.2. The summed E-state index contributed by atoms with van der Waals surface area (Å²) in [6.45, 7) is 2.33. The lowest BCUT2D eigenvalue weighted by atomic mass is 10.3. The van der Waals surface area contributed by atoms with Crippen molar-refractivity contribution < 1.29 is 13.9 Å². The molecule has 0 aliphatic rings. The van der Waals surface area contributed by atoms with E-state index in [2.05, 4.69) is 10.6 Å². The van der Waals surface area contributed by atoms with Gasteiger partial charge in [0.05, 0.1) is 12.2 Å².